The van der Waals surface area contributed by atoms with Crippen molar-refractivity contribution in [1.29, 1.82) is 0 Å². The fraction of sp³-hybridized carbons (Fsp3) is 0.182. The molecule has 1 aliphatic heterocycles. The molecule has 1 amide bonds. The van der Waals surface area contributed by atoms with Gasteiger partial charge in [0.25, 0.3) is 11.7 Å². The number of aromatic nitrogens is 3. The van der Waals surface area contributed by atoms with E-state index in [2.05, 4.69) is 15.0 Å². The first kappa shape index (κ1) is 19.8. The number of amides is 1. The monoisotopic (exact) mass is 422 g/mol. The van der Waals surface area contributed by atoms with Crippen LogP contribution in [0.1, 0.15) is 29.5 Å². The van der Waals surface area contributed by atoms with Crippen LogP contribution in [0.15, 0.2) is 66.5 Å². The van der Waals surface area contributed by atoms with Gasteiger partial charge >= 0.3 is 0 Å². The van der Waals surface area contributed by atoms with E-state index < -0.39 is 17.7 Å². The number of pyridine rings is 1. The van der Waals surface area contributed by atoms with Gasteiger partial charge in [-0.25, -0.2) is 9.97 Å². The van der Waals surface area contributed by atoms with E-state index in [0.29, 0.717) is 30.6 Å². The fourth-order valence-electron chi connectivity index (χ4n) is 3.60. The molecule has 2 N–H and O–H groups in total. The molecule has 1 aromatic carbocycles. The molecule has 1 fully saturated rings. The van der Waals surface area contributed by atoms with Gasteiger partial charge in [-0.05, 0) is 18.6 Å². The summed E-state index contributed by atoms with van der Waals surface area (Å²) in [4.78, 5) is 38.7. The van der Waals surface area contributed by atoms with Gasteiger partial charge in [-0.3, -0.25) is 9.59 Å². The minimum Gasteiger partial charge on any atom is -0.507 e. The van der Waals surface area contributed by atoms with E-state index in [9.17, 15) is 14.7 Å². The SMILES string of the molecule is O=C1C(=O)N(CCCc2ncc[nH]2)C(c2cccc(Cl)n2)/C1=C(\O)c1ccccc1. The molecule has 0 spiro atoms. The number of rotatable bonds is 6. The Morgan fingerprint density at radius 3 is 2.63 bits per heavy atom. The second-order valence-corrected chi connectivity index (χ2v) is 7.27. The van der Waals surface area contributed by atoms with Crippen LogP contribution in [0.5, 0.6) is 0 Å². The molecule has 8 heteroatoms. The Kier molecular flexibility index (Phi) is 5.63. The third-order valence-electron chi connectivity index (χ3n) is 4.97. The largest absolute Gasteiger partial charge is 0.507 e. The van der Waals surface area contributed by atoms with Crippen molar-refractivity contribution in [1.82, 2.24) is 19.9 Å². The molecule has 7 nitrogen and oxygen atoms in total. The molecule has 3 heterocycles. The summed E-state index contributed by atoms with van der Waals surface area (Å²) in [7, 11) is 0. The van der Waals surface area contributed by atoms with Gasteiger partial charge in [0.1, 0.15) is 22.8 Å². The first-order chi connectivity index (χ1) is 14.6. The normalized spacial score (nSPS) is 18.2. The molecule has 3 aromatic rings. The minimum atomic E-state index is -0.819. The summed E-state index contributed by atoms with van der Waals surface area (Å²) in [6, 6.07) is 12.9. The van der Waals surface area contributed by atoms with Gasteiger partial charge in [0.2, 0.25) is 0 Å². The number of halogens is 1. The van der Waals surface area contributed by atoms with Crippen LogP contribution in [0, 0.1) is 0 Å². The Bertz CT molecular complexity index is 1100. The molecule has 1 saturated heterocycles. The molecular weight excluding hydrogens is 404 g/mol. The van der Waals surface area contributed by atoms with Crippen LogP contribution in [0.2, 0.25) is 5.15 Å². The van der Waals surface area contributed by atoms with Gasteiger partial charge in [0, 0.05) is 30.9 Å². The highest BCUT2D eigenvalue weighted by Crippen LogP contribution is 2.39. The highest BCUT2D eigenvalue weighted by Gasteiger charge is 2.46. The summed E-state index contributed by atoms with van der Waals surface area (Å²) in [5, 5.41) is 11.2. The molecule has 30 heavy (non-hydrogen) atoms. The molecule has 0 aliphatic carbocycles. The van der Waals surface area contributed by atoms with Gasteiger partial charge in [-0.15, -0.1) is 0 Å². The first-order valence-corrected chi connectivity index (χ1v) is 9.88. The van der Waals surface area contributed by atoms with Gasteiger partial charge < -0.3 is 15.0 Å². The predicted octanol–water partition coefficient (Wildman–Crippen LogP) is 3.51. The van der Waals surface area contributed by atoms with Crippen LogP contribution in [0.4, 0.5) is 0 Å². The van der Waals surface area contributed by atoms with E-state index in [1.165, 1.54) is 4.90 Å². The van der Waals surface area contributed by atoms with E-state index in [4.69, 9.17) is 11.6 Å². The maximum atomic E-state index is 12.9. The number of nitrogens with one attached hydrogen (secondary N) is 1. The lowest BCUT2D eigenvalue weighted by Gasteiger charge is -2.24. The predicted molar refractivity (Wildman–Crippen MR) is 112 cm³/mol. The van der Waals surface area contributed by atoms with Crippen LogP contribution in [0.3, 0.4) is 0 Å². The van der Waals surface area contributed by atoms with Gasteiger partial charge in [0.15, 0.2) is 0 Å². The van der Waals surface area contributed by atoms with Crippen molar-refractivity contribution in [3.8, 4) is 0 Å². The van der Waals surface area contributed by atoms with Crippen molar-refractivity contribution in [2.45, 2.75) is 18.9 Å². The highest BCUT2D eigenvalue weighted by molar-refractivity contribution is 6.46. The Hall–Kier alpha value is -3.45. The number of hydrogen-bond donors (Lipinski definition) is 2. The molecule has 0 bridgehead atoms. The molecule has 152 valence electrons. The number of hydrogen-bond acceptors (Lipinski definition) is 5. The Labute approximate surface area is 178 Å². The number of aliphatic hydroxyl groups is 1. The number of aromatic amines is 1. The summed E-state index contributed by atoms with van der Waals surface area (Å²) in [6.45, 7) is 0.301. The highest BCUT2D eigenvalue weighted by atomic mass is 35.5. The summed E-state index contributed by atoms with van der Waals surface area (Å²) < 4.78 is 0. The zero-order chi connectivity index (χ0) is 21.1. The Balaban J connectivity index is 1.73. The number of carbonyl (C=O) groups excluding carboxylic acids is 2. The molecule has 4 rings (SSSR count). The summed E-state index contributed by atoms with van der Waals surface area (Å²) in [5.74, 6) is -0.831. The molecule has 1 unspecified atom stereocenters. The number of ketones is 1. The van der Waals surface area contributed by atoms with Crippen molar-refractivity contribution in [3.05, 3.63) is 88.7 Å². The van der Waals surface area contributed by atoms with E-state index >= 15 is 0 Å². The number of H-pyrrole nitrogens is 1. The molecule has 2 aromatic heterocycles. The number of aryl methyl sites for hydroxylation is 1. The summed E-state index contributed by atoms with van der Waals surface area (Å²) in [5.41, 5.74) is 0.897. The zero-order valence-electron chi connectivity index (χ0n) is 16.0. The second-order valence-electron chi connectivity index (χ2n) is 6.88. The number of aliphatic hydroxyl groups excluding tert-OH is 1. The maximum Gasteiger partial charge on any atom is 0.295 e. The Morgan fingerprint density at radius 1 is 1.13 bits per heavy atom. The zero-order valence-corrected chi connectivity index (χ0v) is 16.7. The summed E-state index contributed by atoms with van der Waals surface area (Å²) >= 11 is 6.07. The average Bonchev–Trinajstić information content (AvgIpc) is 3.36. The van der Waals surface area contributed by atoms with E-state index in [1.54, 1.807) is 60.9 Å². The lowest BCUT2D eigenvalue weighted by atomic mass is 9.98. The van der Waals surface area contributed by atoms with Gasteiger partial charge in [0.05, 0.1) is 11.3 Å². The number of carbonyl (C=O) groups is 2. The topological polar surface area (TPSA) is 99.2 Å². The number of benzene rings is 1. The smallest absolute Gasteiger partial charge is 0.295 e. The number of nitrogens with zero attached hydrogens (tertiary/aromatic N) is 3. The molecule has 1 aliphatic rings. The Morgan fingerprint density at radius 2 is 1.93 bits per heavy atom. The molecule has 0 radical (unpaired) electrons. The molecular formula is C22H19ClN4O3. The van der Waals surface area contributed by atoms with Crippen LogP contribution >= 0.6 is 11.6 Å². The van der Waals surface area contributed by atoms with Crippen molar-refractivity contribution in [3.63, 3.8) is 0 Å². The van der Waals surface area contributed by atoms with Gasteiger partial charge in [-0.2, -0.15) is 0 Å². The first-order valence-electron chi connectivity index (χ1n) is 9.51. The standard InChI is InChI=1S/C22H19ClN4O3/c23-16-9-4-8-15(26-16)19-18(20(28)14-6-2-1-3-7-14)21(29)22(30)27(19)13-5-10-17-24-11-12-25-17/h1-4,6-9,11-12,19,28H,5,10,13H2,(H,24,25)/b20-18+. The summed E-state index contributed by atoms with van der Waals surface area (Å²) in [6.07, 6.45) is 4.60. The third-order valence-corrected chi connectivity index (χ3v) is 5.18. The average molecular weight is 423 g/mol. The van der Waals surface area contributed by atoms with Crippen molar-refractivity contribution < 1.29 is 14.7 Å². The van der Waals surface area contributed by atoms with Crippen LogP contribution in [0.25, 0.3) is 5.76 Å². The minimum absolute atomic E-state index is 0.0129. The third kappa shape index (κ3) is 3.84. The second kappa shape index (κ2) is 8.51. The van der Waals surface area contributed by atoms with E-state index in [-0.39, 0.29) is 16.5 Å². The maximum absolute atomic E-state index is 12.9. The van der Waals surface area contributed by atoms with Crippen molar-refractivity contribution >= 4 is 29.1 Å². The lowest BCUT2D eigenvalue weighted by Crippen LogP contribution is -2.31. The quantitative estimate of drug-likeness (QED) is 0.274. The molecule has 1 atom stereocenters. The number of imidazole rings is 1. The van der Waals surface area contributed by atoms with E-state index in [0.717, 1.165) is 5.82 Å². The fourth-order valence-corrected chi connectivity index (χ4v) is 3.77. The van der Waals surface area contributed by atoms with Crippen LogP contribution in [-0.4, -0.2) is 43.2 Å². The van der Waals surface area contributed by atoms with Crippen molar-refractivity contribution in [2.24, 2.45) is 0 Å². The van der Waals surface area contributed by atoms with Crippen molar-refractivity contribution in [2.75, 3.05) is 6.54 Å². The number of Topliss-reactive ketones (excluding diaryl/α,β-unsaturated/α-hetero) is 1. The number of likely N-dealkylation sites (tertiary alicyclic amines) is 1. The van der Waals surface area contributed by atoms with Gasteiger partial charge in [-0.1, -0.05) is 48.0 Å². The van der Waals surface area contributed by atoms with E-state index in [1.807, 2.05) is 0 Å². The van der Waals surface area contributed by atoms with Crippen LogP contribution < -0.4 is 0 Å². The molecule has 0 saturated carbocycles. The lowest BCUT2D eigenvalue weighted by molar-refractivity contribution is -0.139. The van der Waals surface area contributed by atoms with Crippen LogP contribution in [-0.2, 0) is 16.0 Å².